The lowest BCUT2D eigenvalue weighted by molar-refractivity contribution is -0.116. The molecule has 1 amide bonds. The van der Waals surface area contributed by atoms with E-state index in [1.807, 2.05) is 6.92 Å². The number of hydrogen-bond donors (Lipinski definition) is 2. The van der Waals surface area contributed by atoms with Gasteiger partial charge in [-0.15, -0.1) is 0 Å². The van der Waals surface area contributed by atoms with Gasteiger partial charge in [0.15, 0.2) is 0 Å². The summed E-state index contributed by atoms with van der Waals surface area (Å²) in [5, 5.41) is 10.9. The van der Waals surface area contributed by atoms with Crippen molar-refractivity contribution in [3.8, 4) is 0 Å². The Morgan fingerprint density at radius 1 is 1.30 bits per heavy atom. The maximum Gasteiger partial charge on any atom is 0.338 e. The molecule has 0 fully saturated rings. The smallest absolute Gasteiger partial charge is 0.338 e. The number of aromatic carboxylic acids is 1. The Kier molecular flexibility index (Phi) is 6.05. The molecular formula is C13H15F2NO4. The van der Waals surface area contributed by atoms with Gasteiger partial charge >= 0.3 is 5.97 Å². The molecule has 110 valence electrons. The van der Waals surface area contributed by atoms with Gasteiger partial charge < -0.3 is 15.2 Å². The first kappa shape index (κ1) is 16.0. The van der Waals surface area contributed by atoms with Crippen LogP contribution < -0.4 is 5.32 Å². The van der Waals surface area contributed by atoms with Crippen molar-refractivity contribution in [2.75, 3.05) is 18.5 Å². The predicted octanol–water partition coefficient (Wildman–Crippen LogP) is 2.42. The first-order valence-electron chi connectivity index (χ1n) is 6.05. The molecule has 5 nitrogen and oxygen atoms in total. The number of carboxylic acids is 1. The van der Waals surface area contributed by atoms with Crippen LogP contribution in [0.3, 0.4) is 0 Å². The molecule has 0 heterocycles. The number of anilines is 1. The normalized spacial score (nSPS) is 10.3. The van der Waals surface area contributed by atoms with Crippen molar-refractivity contribution in [1.29, 1.82) is 0 Å². The van der Waals surface area contributed by atoms with Crippen molar-refractivity contribution in [3.63, 3.8) is 0 Å². The van der Waals surface area contributed by atoms with Crippen LogP contribution in [0.15, 0.2) is 12.1 Å². The van der Waals surface area contributed by atoms with E-state index >= 15 is 0 Å². The van der Waals surface area contributed by atoms with Crippen molar-refractivity contribution in [3.05, 3.63) is 29.3 Å². The van der Waals surface area contributed by atoms with Gasteiger partial charge in [0, 0.05) is 25.7 Å². The van der Waals surface area contributed by atoms with E-state index in [1.165, 1.54) is 0 Å². The Hall–Kier alpha value is -2.02. The first-order valence-corrected chi connectivity index (χ1v) is 6.05. The fraction of sp³-hybridized carbons (Fsp3) is 0.385. The van der Waals surface area contributed by atoms with E-state index in [1.54, 1.807) is 0 Å². The van der Waals surface area contributed by atoms with E-state index in [9.17, 15) is 18.4 Å². The van der Waals surface area contributed by atoms with Gasteiger partial charge in [-0.1, -0.05) is 0 Å². The number of amides is 1. The molecule has 0 aromatic heterocycles. The van der Waals surface area contributed by atoms with Gasteiger partial charge in [-0.3, -0.25) is 4.79 Å². The number of hydrogen-bond acceptors (Lipinski definition) is 3. The zero-order chi connectivity index (χ0) is 15.1. The van der Waals surface area contributed by atoms with Crippen LogP contribution in [-0.4, -0.2) is 30.2 Å². The molecule has 7 heteroatoms. The lowest BCUT2D eigenvalue weighted by Crippen LogP contribution is -2.14. The second-order valence-electron chi connectivity index (χ2n) is 3.97. The molecule has 0 unspecified atom stereocenters. The summed E-state index contributed by atoms with van der Waals surface area (Å²) in [6.07, 6.45) is 0.549. The second-order valence-corrected chi connectivity index (χ2v) is 3.97. The van der Waals surface area contributed by atoms with E-state index in [2.05, 4.69) is 5.32 Å². The average Bonchev–Trinajstić information content (AvgIpc) is 2.37. The number of rotatable bonds is 7. The number of benzene rings is 1. The fourth-order valence-electron chi connectivity index (χ4n) is 1.50. The van der Waals surface area contributed by atoms with Gasteiger partial charge in [0.25, 0.3) is 0 Å². The van der Waals surface area contributed by atoms with Crippen LogP contribution in [0, 0.1) is 11.6 Å². The summed E-state index contributed by atoms with van der Waals surface area (Å²) in [4.78, 5) is 22.2. The molecule has 0 radical (unpaired) electrons. The molecule has 0 aliphatic rings. The Bertz CT molecular complexity index is 505. The lowest BCUT2D eigenvalue weighted by atomic mass is 10.1. The van der Waals surface area contributed by atoms with Gasteiger partial charge in [0.1, 0.15) is 11.6 Å². The highest BCUT2D eigenvalue weighted by molar-refractivity contribution is 5.94. The first-order chi connectivity index (χ1) is 9.45. The highest BCUT2D eigenvalue weighted by Gasteiger charge is 2.16. The highest BCUT2D eigenvalue weighted by atomic mass is 19.1. The van der Waals surface area contributed by atoms with Crippen LogP contribution in [0.4, 0.5) is 14.5 Å². The summed E-state index contributed by atoms with van der Waals surface area (Å²) < 4.78 is 31.6. The van der Waals surface area contributed by atoms with Crippen molar-refractivity contribution in [2.24, 2.45) is 0 Å². The average molecular weight is 287 g/mol. The van der Waals surface area contributed by atoms with Gasteiger partial charge in [-0.25, -0.2) is 13.6 Å². The summed E-state index contributed by atoms with van der Waals surface area (Å²) >= 11 is 0. The van der Waals surface area contributed by atoms with Gasteiger partial charge in [0.2, 0.25) is 5.91 Å². The molecule has 0 atom stereocenters. The molecule has 0 saturated carbocycles. The molecule has 0 spiro atoms. The third-order valence-corrected chi connectivity index (χ3v) is 2.46. The maximum absolute atomic E-state index is 13.4. The van der Waals surface area contributed by atoms with Crippen LogP contribution in [-0.2, 0) is 9.53 Å². The molecule has 0 saturated heterocycles. The van der Waals surface area contributed by atoms with Gasteiger partial charge in [-0.2, -0.15) is 0 Å². The third kappa shape index (κ3) is 4.58. The number of ether oxygens (including phenoxy) is 1. The molecule has 0 bridgehead atoms. The minimum Gasteiger partial charge on any atom is -0.478 e. The SMILES string of the molecule is CCOCCCC(=O)Nc1cc(C(=O)O)c(F)cc1F. The summed E-state index contributed by atoms with van der Waals surface area (Å²) in [7, 11) is 0. The number of halogens is 2. The Morgan fingerprint density at radius 3 is 2.60 bits per heavy atom. The number of carboxylic acid groups (broad SMARTS) is 1. The third-order valence-electron chi connectivity index (χ3n) is 2.46. The minimum absolute atomic E-state index is 0.0964. The van der Waals surface area contributed by atoms with E-state index in [0.717, 1.165) is 6.07 Å². The Morgan fingerprint density at radius 2 is 2.00 bits per heavy atom. The predicted molar refractivity (Wildman–Crippen MR) is 67.7 cm³/mol. The van der Waals surface area contributed by atoms with Crippen molar-refractivity contribution in [1.82, 2.24) is 0 Å². The molecule has 0 aliphatic carbocycles. The summed E-state index contributed by atoms with van der Waals surface area (Å²) in [6, 6.07) is 1.19. The maximum atomic E-state index is 13.4. The standard InChI is InChI=1S/C13H15F2NO4/c1-2-20-5-3-4-12(17)16-11-6-8(13(18)19)9(14)7-10(11)15/h6-7H,2-5H2,1H3,(H,16,17)(H,18,19). The monoisotopic (exact) mass is 287 g/mol. The highest BCUT2D eigenvalue weighted by Crippen LogP contribution is 2.20. The van der Waals surface area contributed by atoms with Crippen LogP contribution in [0.5, 0.6) is 0 Å². The van der Waals surface area contributed by atoms with Crippen LogP contribution in [0.25, 0.3) is 0 Å². The molecule has 1 aromatic carbocycles. The van der Waals surface area contributed by atoms with Crippen molar-refractivity contribution >= 4 is 17.6 Å². The van der Waals surface area contributed by atoms with E-state index in [0.29, 0.717) is 25.7 Å². The topological polar surface area (TPSA) is 75.6 Å². The van der Waals surface area contributed by atoms with Crippen molar-refractivity contribution < 1.29 is 28.2 Å². The summed E-state index contributed by atoms with van der Waals surface area (Å²) in [5.41, 5.74) is -1.05. The Balaban J connectivity index is 2.69. The fourth-order valence-corrected chi connectivity index (χ4v) is 1.50. The van der Waals surface area contributed by atoms with Crippen LogP contribution in [0.1, 0.15) is 30.1 Å². The molecule has 2 N–H and O–H groups in total. The number of nitrogens with one attached hydrogen (secondary N) is 1. The quantitative estimate of drug-likeness (QED) is 0.755. The molecule has 20 heavy (non-hydrogen) atoms. The zero-order valence-corrected chi connectivity index (χ0v) is 10.9. The number of carbonyl (C=O) groups is 2. The Labute approximate surface area is 114 Å². The van der Waals surface area contributed by atoms with E-state index in [4.69, 9.17) is 9.84 Å². The zero-order valence-electron chi connectivity index (χ0n) is 10.9. The lowest BCUT2D eigenvalue weighted by Gasteiger charge is -2.08. The summed E-state index contributed by atoms with van der Waals surface area (Å²) in [5.74, 6) is -4.24. The van der Waals surface area contributed by atoms with E-state index in [-0.39, 0.29) is 12.1 Å². The molecule has 0 aliphatic heterocycles. The van der Waals surface area contributed by atoms with Crippen LogP contribution in [0.2, 0.25) is 0 Å². The van der Waals surface area contributed by atoms with Gasteiger partial charge in [-0.05, 0) is 19.4 Å². The summed E-state index contributed by atoms with van der Waals surface area (Å²) in [6.45, 7) is 2.76. The number of carbonyl (C=O) groups excluding carboxylic acids is 1. The van der Waals surface area contributed by atoms with Crippen LogP contribution >= 0.6 is 0 Å². The largest absolute Gasteiger partial charge is 0.478 e. The minimum atomic E-state index is -1.53. The van der Waals surface area contributed by atoms with E-state index < -0.39 is 29.1 Å². The van der Waals surface area contributed by atoms with Crippen molar-refractivity contribution in [2.45, 2.75) is 19.8 Å². The second kappa shape index (κ2) is 7.54. The molecule has 1 rings (SSSR count). The molecular weight excluding hydrogens is 272 g/mol. The molecule has 1 aromatic rings. The van der Waals surface area contributed by atoms with Gasteiger partial charge in [0.05, 0.1) is 11.3 Å².